The lowest BCUT2D eigenvalue weighted by molar-refractivity contribution is 0.376. The summed E-state index contributed by atoms with van der Waals surface area (Å²) in [7, 11) is 0. The first-order valence-electron chi connectivity index (χ1n) is 11.4. The number of pyridine rings is 1. The molecule has 0 aliphatic carbocycles. The van der Waals surface area contributed by atoms with Crippen molar-refractivity contribution in [2.24, 2.45) is 0 Å². The van der Waals surface area contributed by atoms with Crippen LogP contribution in [0, 0.1) is 6.92 Å². The summed E-state index contributed by atoms with van der Waals surface area (Å²) in [4.78, 5) is 10.1. The summed E-state index contributed by atoms with van der Waals surface area (Å²) >= 11 is 0. The van der Waals surface area contributed by atoms with Crippen molar-refractivity contribution >= 4 is 21.9 Å². The van der Waals surface area contributed by atoms with Gasteiger partial charge in [0.1, 0.15) is 11.3 Å². The lowest BCUT2D eigenvalue weighted by atomic mass is 10.0. The predicted octanol–water partition coefficient (Wildman–Crippen LogP) is 6.15. The summed E-state index contributed by atoms with van der Waals surface area (Å²) in [5, 5.41) is 5.98. The Bertz CT molecular complexity index is 1430. The van der Waals surface area contributed by atoms with E-state index in [1.165, 1.54) is 21.9 Å². The Morgan fingerprint density at radius 3 is 2.50 bits per heavy atom. The second-order valence-electron chi connectivity index (χ2n) is 8.78. The number of aryl methyl sites for hydroxylation is 1. The minimum Gasteiger partial charge on any atom is -0.317 e. The number of rotatable bonds is 3. The molecule has 158 valence electrons. The maximum absolute atomic E-state index is 5.13. The second-order valence-corrected chi connectivity index (χ2v) is 8.78. The number of imidazole rings is 1. The maximum Gasteiger partial charge on any atom is 0.160 e. The van der Waals surface area contributed by atoms with E-state index < -0.39 is 0 Å². The van der Waals surface area contributed by atoms with Gasteiger partial charge in [-0.1, -0.05) is 60.2 Å². The van der Waals surface area contributed by atoms with Crippen molar-refractivity contribution in [1.29, 1.82) is 0 Å². The van der Waals surface area contributed by atoms with Crippen LogP contribution in [0.3, 0.4) is 0 Å². The molecule has 4 nitrogen and oxygen atoms in total. The fraction of sp³-hybridized carbons (Fsp3) is 0.214. The van der Waals surface area contributed by atoms with Gasteiger partial charge in [0.15, 0.2) is 5.65 Å². The third kappa shape index (κ3) is 3.37. The number of aromatic nitrogens is 3. The SMILES string of the molecule is Cc1cccc(-c2nc3cc(-c4ccc5ccccc5c4)cnc3n2C2CCNCC2)c1. The van der Waals surface area contributed by atoms with Crippen LogP contribution in [0.15, 0.2) is 79.0 Å². The molecule has 0 bridgehead atoms. The Hall–Kier alpha value is -3.50. The topological polar surface area (TPSA) is 42.7 Å². The minimum atomic E-state index is 0.413. The highest BCUT2D eigenvalue weighted by Crippen LogP contribution is 2.33. The third-order valence-corrected chi connectivity index (χ3v) is 6.56. The standard InChI is InChI=1S/C28H26N4/c1-19-5-4-8-23(15-19)27-31-26-17-24(22-10-9-20-6-2-3-7-21(20)16-22)18-30-28(26)32(27)25-11-13-29-14-12-25/h2-10,15-18,25,29H,11-14H2,1H3. The summed E-state index contributed by atoms with van der Waals surface area (Å²) in [6, 6.07) is 26.3. The van der Waals surface area contributed by atoms with Crippen LogP contribution in [0.4, 0.5) is 0 Å². The fourth-order valence-electron chi connectivity index (χ4n) is 4.91. The van der Waals surface area contributed by atoms with Crippen molar-refractivity contribution < 1.29 is 0 Å². The highest BCUT2D eigenvalue weighted by atomic mass is 15.2. The van der Waals surface area contributed by atoms with Gasteiger partial charge in [0.05, 0.1) is 0 Å². The Morgan fingerprint density at radius 1 is 0.812 bits per heavy atom. The van der Waals surface area contributed by atoms with Crippen LogP contribution in [0.5, 0.6) is 0 Å². The number of hydrogen-bond acceptors (Lipinski definition) is 3. The molecule has 1 aliphatic heterocycles. The predicted molar refractivity (Wildman–Crippen MR) is 132 cm³/mol. The number of nitrogens with one attached hydrogen (secondary N) is 1. The van der Waals surface area contributed by atoms with Gasteiger partial charge >= 0.3 is 0 Å². The van der Waals surface area contributed by atoms with E-state index in [2.05, 4.69) is 89.6 Å². The molecule has 3 aromatic carbocycles. The zero-order valence-corrected chi connectivity index (χ0v) is 18.3. The van der Waals surface area contributed by atoms with Gasteiger partial charge < -0.3 is 9.88 Å². The number of nitrogens with zero attached hydrogens (tertiary/aromatic N) is 3. The lowest BCUT2D eigenvalue weighted by Crippen LogP contribution is -2.29. The maximum atomic E-state index is 5.13. The van der Waals surface area contributed by atoms with Crippen LogP contribution in [0.2, 0.25) is 0 Å². The first-order chi connectivity index (χ1) is 15.8. The normalized spacial score (nSPS) is 14.9. The summed E-state index contributed by atoms with van der Waals surface area (Å²) in [6.45, 7) is 4.21. The molecule has 0 atom stereocenters. The van der Waals surface area contributed by atoms with E-state index in [9.17, 15) is 0 Å². The summed E-state index contributed by atoms with van der Waals surface area (Å²) in [6.07, 6.45) is 4.20. The number of benzene rings is 3. The quantitative estimate of drug-likeness (QED) is 0.382. The lowest BCUT2D eigenvalue weighted by Gasteiger charge is -2.26. The van der Waals surface area contributed by atoms with Gasteiger partial charge in [-0.15, -0.1) is 0 Å². The molecule has 0 saturated carbocycles. The average molecular weight is 419 g/mol. The van der Waals surface area contributed by atoms with E-state index in [-0.39, 0.29) is 0 Å². The van der Waals surface area contributed by atoms with Crippen molar-refractivity contribution in [2.45, 2.75) is 25.8 Å². The van der Waals surface area contributed by atoms with Crippen LogP contribution in [-0.2, 0) is 0 Å². The Kier molecular flexibility index (Phi) is 4.73. The average Bonchev–Trinajstić information content (AvgIpc) is 3.23. The van der Waals surface area contributed by atoms with Crippen LogP contribution in [-0.4, -0.2) is 27.6 Å². The van der Waals surface area contributed by atoms with E-state index in [1.807, 2.05) is 6.20 Å². The molecule has 1 aliphatic rings. The molecule has 0 amide bonds. The zero-order valence-electron chi connectivity index (χ0n) is 18.3. The summed E-state index contributed by atoms with van der Waals surface area (Å²) < 4.78 is 2.38. The largest absolute Gasteiger partial charge is 0.317 e. The van der Waals surface area contributed by atoms with Crippen molar-refractivity contribution in [2.75, 3.05) is 13.1 Å². The van der Waals surface area contributed by atoms with E-state index in [0.29, 0.717) is 6.04 Å². The molecule has 32 heavy (non-hydrogen) atoms. The van der Waals surface area contributed by atoms with Crippen LogP contribution in [0.1, 0.15) is 24.4 Å². The van der Waals surface area contributed by atoms with Crippen LogP contribution >= 0.6 is 0 Å². The first kappa shape index (κ1) is 19.2. The highest BCUT2D eigenvalue weighted by molar-refractivity contribution is 5.89. The third-order valence-electron chi connectivity index (χ3n) is 6.56. The number of piperidine rings is 1. The molecule has 2 aromatic heterocycles. The van der Waals surface area contributed by atoms with Gasteiger partial charge in [-0.05, 0) is 67.4 Å². The zero-order chi connectivity index (χ0) is 21.5. The molecule has 1 N–H and O–H groups in total. The van der Waals surface area contributed by atoms with Crippen molar-refractivity contribution in [3.05, 3.63) is 84.6 Å². The molecule has 4 heteroatoms. The number of hydrogen-bond donors (Lipinski definition) is 1. The van der Waals surface area contributed by atoms with Gasteiger partial charge in [-0.3, -0.25) is 0 Å². The van der Waals surface area contributed by atoms with E-state index in [4.69, 9.17) is 9.97 Å². The molecule has 0 spiro atoms. The Balaban J connectivity index is 1.52. The van der Waals surface area contributed by atoms with Gasteiger partial charge in [0.25, 0.3) is 0 Å². The van der Waals surface area contributed by atoms with Gasteiger partial charge in [-0.2, -0.15) is 0 Å². The van der Waals surface area contributed by atoms with E-state index in [1.54, 1.807) is 0 Å². The van der Waals surface area contributed by atoms with Gasteiger partial charge in [-0.25, -0.2) is 9.97 Å². The summed E-state index contributed by atoms with van der Waals surface area (Å²) in [5.74, 6) is 1.03. The van der Waals surface area contributed by atoms with Crippen molar-refractivity contribution in [3.63, 3.8) is 0 Å². The molecular weight excluding hydrogens is 392 g/mol. The van der Waals surface area contributed by atoms with E-state index in [0.717, 1.165) is 54.0 Å². The minimum absolute atomic E-state index is 0.413. The number of fused-ring (bicyclic) bond motifs is 2. The van der Waals surface area contributed by atoms with Crippen LogP contribution < -0.4 is 5.32 Å². The Labute approximate surface area is 188 Å². The monoisotopic (exact) mass is 418 g/mol. The molecule has 0 radical (unpaired) electrons. The highest BCUT2D eigenvalue weighted by Gasteiger charge is 2.23. The first-order valence-corrected chi connectivity index (χ1v) is 11.4. The fourth-order valence-corrected chi connectivity index (χ4v) is 4.91. The molecule has 6 rings (SSSR count). The van der Waals surface area contributed by atoms with Crippen LogP contribution in [0.25, 0.3) is 44.5 Å². The van der Waals surface area contributed by atoms with Gasteiger partial charge in [0, 0.05) is 23.4 Å². The molecular formula is C28H26N4. The molecule has 5 aromatic rings. The van der Waals surface area contributed by atoms with E-state index >= 15 is 0 Å². The second kappa shape index (κ2) is 7.88. The molecule has 1 saturated heterocycles. The van der Waals surface area contributed by atoms with Crippen molar-refractivity contribution in [3.8, 4) is 22.5 Å². The Morgan fingerprint density at radius 2 is 1.66 bits per heavy atom. The molecule has 0 unspecified atom stereocenters. The summed E-state index contributed by atoms with van der Waals surface area (Å²) in [5.41, 5.74) is 6.63. The molecule has 1 fully saturated rings. The van der Waals surface area contributed by atoms with Gasteiger partial charge in [0.2, 0.25) is 0 Å². The smallest absolute Gasteiger partial charge is 0.160 e. The van der Waals surface area contributed by atoms with Crippen molar-refractivity contribution in [1.82, 2.24) is 19.9 Å². The molecule has 3 heterocycles.